The Balaban J connectivity index is 1.24. The van der Waals surface area contributed by atoms with Crippen molar-refractivity contribution in [1.29, 1.82) is 0 Å². The fraction of sp³-hybridized carbons (Fsp3) is 0.318. The highest BCUT2D eigenvalue weighted by Gasteiger charge is 2.30. The van der Waals surface area contributed by atoms with Crippen LogP contribution in [0.3, 0.4) is 0 Å². The SMILES string of the molecule is CN1C(=O)/C(=C\N2CCN(Cc3ccc4c(c3)OCO4)CC2)c2ccccc21. The summed E-state index contributed by atoms with van der Waals surface area (Å²) in [5.74, 6) is 1.74. The minimum absolute atomic E-state index is 0.0731. The third-order valence-corrected chi connectivity index (χ3v) is 5.65. The van der Waals surface area contributed by atoms with E-state index < -0.39 is 0 Å². The van der Waals surface area contributed by atoms with Gasteiger partial charge in [-0.25, -0.2) is 0 Å². The summed E-state index contributed by atoms with van der Waals surface area (Å²) in [5.41, 5.74) is 4.04. The number of carbonyl (C=O) groups excluding carboxylic acids is 1. The minimum Gasteiger partial charge on any atom is -0.454 e. The zero-order valence-corrected chi connectivity index (χ0v) is 15.9. The van der Waals surface area contributed by atoms with Crippen LogP contribution in [0.15, 0.2) is 48.7 Å². The second-order valence-electron chi connectivity index (χ2n) is 7.42. The van der Waals surface area contributed by atoms with Gasteiger partial charge in [-0.05, 0) is 23.8 Å². The normalized spacial score (nSPS) is 20.2. The average Bonchev–Trinajstić information content (AvgIpc) is 3.28. The van der Waals surface area contributed by atoms with Crippen molar-refractivity contribution in [3.63, 3.8) is 0 Å². The van der Waals surface area contributed by atoms with Crippen LogP contribution in [0.1, 0.15) is 11.1 Å². The average molecular weight is 377 g/mol. The molecule has 2 aromatic rings. The van der Waals surface area contributed by atoms with E-state index in [1.54, 1.807) is 4.90 Å². The van der Waals surface area contributed by atoms with Crippen molar-refractivity contribution in [2.45, 2.75) is 6.54 Å². The third kappa shape index (κ3) is 2.99. The summed E-state index contributed by atoms with van der Waals surface area (Å²) in [6.45, 7) is 4.95. The number of rotatable bonds is 3. The molecule has 0 unspecified atom stereocenters. The van der Waals surface area contributed by atoms with Crippen LogP contribution in [0.5, 0.6) is 11.5 Å². The maximum atomic E-state index is 12.6. The lowest BCUT2D eigenvalue weighted by molar-refractivity contribution is -0.112. The summed E-state index contributed by atoms with van der Waals surface area (Å²) in [7, 11) is 1.84. The molecule has 6 heteroatoms. The van der Waals surface area contributed by atoms with E-state index in [0.717, 1.165) is 61.0 Å². The van der Waals surface area contributed by atoms with Crippen LogP contribution < -0.4 is 14.4 Å². The maximum Gasteiger partial charge on any atom is 0.260 e. The van der Waals surface area contributed by atoms with Crippen LogP contribution in [0, 0.1) is 0 Å². The number of likely N-dealkylation sites (N-methyl/N-ethyl adjacent to an activating group) is 1. The Kier molecular flexibility index (Phi) is 4.20. The third-order valence-electron chi connectivity index (χ3n) is 5.65. The smallest absolute Gasteiger partial charge is 0.260 e. The molecule has 0 radical (unpaired) electrons. The van der Waals surface area contributed by atoms with E-state index in [1.165, 1.54) is 5.56 Å². The lowest BCUT2D eigenvalue weighted by atomic mass is 10.1. The van der Waals surface area contributed by atoms with Crippen molar-refractivity contribution in [3.8, 4) is 11.5 Å². The van der Waals surface area contributed by atoms with Crippen molar-refractivity contribution >= 4 is 17.2 Å². The molecule has 144 valence electrons. The Morgan fingerprint density at radius 3 is 2.64 bits per heavy atom. The molecular formula is C22H23N3O3. The fourth-order valence-electron chi connectivity index (χ4n) is 4.05. The predicted molar refractivity (Wildman–Crippen MR) is 107 cm³/mol. The van der Waals surface area contributed by atoms with Gasteiger partial charge in [0.1, 0.15) is 0 Å². The second kappa shape index (κ2) is 6.87. The van der Waals surface area contributed by atoms with Crippen LogP contribution in [-0.2, 0) is 11.3 Å². The number of hydrogen-bond acceptors (Lipinski definition) is 5. The number of carbonyl (C=O) groups is 1. The Hall–Kier alpha value is -2.99. The highest BCUT2D eigenvalue weighted by Crippen LogP contribution is 2.36. The zero-order chi connectivity index (χ0) is 19.1. The number of amides is 1. The van der Waals surface area contributed by atoms with Crippen molar-refractivity contribution in [2.75, 3.05) is 44.9 Å². The van der Waals surface area contributed by atoms with E-state index in [9.17, 15) is 4.79 Å². The van der Waals surface area contributed by atoms with Crippen LogP contribution in [-0.4, -0.2) is 55.7 Å². The van der Waals surface area contributed by atoms with Gasteiger partial charge in [-0.3, -0.25) is 9.69 Å². The molecule has 0 bridgehead atoms. The summed E-state index contributed by atoms with van der Waals surface area (Å²) in [6.07, 6.45) is 2.04. The van der Waals surface area contributed by atoms with Crippen molar-refractivity contribution in [3.05, 3.63) is 59.8 Å². The van der Waals surface area contributed by atoms with E-state index in [-0.39, 0.29) is 5.91 Å². The Labute approximate surface area is 164 Å². The maximum absolute atomic E-state index is 12.6. The highest BCUT2D eigenvalue weighted by atomic mass is 16.7. The Bertz CT molecular complexity index is 948. The van der Waals surface area contributed by atoms with E-state index in [0.29, 0.717) is 6.79 Å². The van der Waals surface area contributed by atoms with E-state index >= 15 is 0 Å². The minimum atomic E-state index is 0.0731. The Morgan fingerprint density at radius 2 is 1.79 bits per heavy atom. The Morgan fingerprint density at radius 1 is 1.00 bits per heavy atom. The molecule has 2 aromatic carbocycles. The molecule has 6 nitrogen and oxygen atoms in total. The summed E-state index contributed by atoms with van der Waals surface area (Å²) in [4.78, 5) is 19.1. The molecule has 0 N–H and O–H groups in total. The monoisotopic (exact) mass is 377 g/mol. The van der Waals surface area contributed by atoms with Gasteiger partial charge in [0.25, 0.3) is 5.91 Å². The molecule has 0 spiro atoms. The summed E-state index contributed by atoms with van der Waals surface area (Å²) < 4.78 is 10.9. The molecule has 5 rings (SSSR count). The number of hydrogen-bond donors (Lipinski definition) is 0. The topological polar surface area (TPSA) is 45.3 Å². The molecule has 0 atom stereocenters. The van der Waals surface area contributed by atoms with E-state index in [4.69, 9.17) is 9.47 Å². The lowest BCUT2D eigenvalue weighted by Crippen LogP contribution is -2.43. The molecule has 1 saturated heterocycles. The molecule has 28 heavy (non-hydrogen) atoms. The highest BCUT2D eigenvalue weighted by molar-refractivity contribution is 6.32. The number of para-hydroxylation sites is 1. The number of benzene rings is 2. The largest absolute Gasteiger partial charge is 0.454 e. The first-order valence-electron chi connectivity index (χ1n) is 9.63. The number of fused-ring (bicyclic) bond motifs is 2. The van der Waals surface area contributed by atoms with Crippen LogP contribution >= 0.6 is 0 Å². The summed E-state index contributed by atoms with van der Waals surface area (Å²) >= 11 is 0. The van der Waals surface area contributed by atoms with Crippen molar-refractivity contribution in [2.24, 2.45) is 0 Å². The van der Waals surface area contributed by atoms with Gasteiger partial charge in [0.05, 0.1) is 11.3 Å². The van der Waals surface area contributed by atoms with Crippen LogP contribution in [0.4, 0.5) is 5.69 Å². The first kappa shape index (κ1) is 17.1. The van der Waals surface area contributed by atoms with Gasteiger partial charge in [0.2, 0.25) is 6.79 Å². The van der Waals surface area contributed by atoms with Gasteiger partial charge in [-0.15, -0.1) is 0 Å². The molecule has 0 aromatic heterocycles. The molecule has 1 fully saturated rings. The number of anilines is 1. The van der Waals surface area contributed by atoms with Crippen LogP contribution in [0.2, 0.25) is 0 Å². The lowest BCUT2D eigenvalue weighted by Gasteiger charge is -2.34. The number of piperazine rings is 1. The number of ether oxygens (including phenoxy) is 2. The first-order valence-corrected chi connectivity index (χ1v) is 9.63. The standard InChI is InChI=1S/C22H23N3O3/c1-23-19-5-3-2-4-17(19)18(22(23)26)14-25-10-8-24(9-11-25)13-16-6-7-20-21(12-16)28-15-27-20/h2-7,12,14H,8-11,13,15H2,1H3/b18-14-. The van der Waals surface area contributed by atoms with Gasteiger partial charge >= 0.3 is 0 Å². The first-order chi connectivity index (χ1) is 13.7. The van der Waals surface area contributed by atoms with Gasteiger partial charge in [-0.1, -0.05) is 24.3 Å². The van der Waals surface area contributed by atoms with Gasteiger partial charge in [-0.2, -0.15) is 0 Å². The molecule has 3 heterocycles. The number of nitrogens with zero attached hydrogens (tertiary/aromatic N) is 3. The van der Waals surface area contributed by atoms with E-state index in [1.807, 2.05) is 43.6 Å². The van der Waals surface area contributed by atoms with Crippen molar-refractivity contribution < 1.29 is 14.3 Å². The summed E-state index contributed by atoms with van der Waals surface area (Å²) in [5, 5.41) is 0. The second-order valence-corrected chi connectivity index (χ2v) is 7.42. The zero-order valence-electron chi connectivity index (χ0n) is 15.9. The molecule has 0 saturated carbocycles. The van der Waals surface area contributed by atoms with Gasteiger partial charge in [0.15, 0.2) is 11.5 Å². The fourth-order valence-corrected chi connectivity index (χ4v) is 4.05. The molecular weight excluding hydrogens is 354 g/mol. The van der Waals surface area contributed by atoms with Gasteiger partial charge in [0, 0.05) is 51.5 Å². The van der Waals surface area contributed by atoms with Gasteiger partial charge < -0.3 is 19.3 Å². The molecule has 3 aliphatic heterocycles. The van der Waals surface area contributed by atoms with E-state index in [2.05, 4.69) is 21.9 Å². The molecule has 1 amide bonds. The predicted octanol–water partition coefficient (Wildman–Crippen LogP) is 2.55. The van der Waals surface area contributed by atoms with Crippen molar-refractivity contribution in [1.82, 2.24) is 9.80 Å². The molecule has 3 aliphatic rings. The molecule has 0 aliphatic carbocycles. The quantitative estimate of drug-likeness (QED) is 0.770. The van der Waals surface area contributed by atoms with Crippen LogP contribution in [0.25, 0.3) is 5.57 Å². The summed E-state index contributed by atoms with van der Waals surface area (Å²) in [6, 6.07) is 14.1.